The number of halogens is 1. The van der Waals surface area contributed by atoms with Crippen LogP contribution >= 0.6 is 23.8 Å². The molecule has 0 aromatic heterocycles. The fraction of sp³-hybridized carbons (Fsp3) is 0.185. The second kappa shape index (κ2) is 10.3. The van der Waals surface area contributed by atoms with E-state index >= 15 is 0 Å². The lowest BCUT2D eigenvalue weighted by Crippen LogP contribution is -2.51. The molecule has 0 unspecified atom stereocenters. The van der Waals surface area contributed by atoms with E-state index in [9.17, 15) is 4.79 Å². The molecule has 0 bridgehead atoms. The maximum Gasteiger partial charge on any atom is 0.235 e. The number of amides is 1. The maximum atomic E-state index is 13.4. The molecule has 3 aromatic rings. The first-order chi connectivity index (χ1) is 16.3. The molecule has 174 valence electrons. The zero-order valence-corrected chi connectivity index (χ0v) is 20.6. The van der Waals surface area contributed by atoms with Crippen LogP contribution in [0.15, 0.2) is 79.0 Å². The van der Waals surface area contributed by atoms with Crippen LogP contribution in [-0.4, -0.2) is 11.0 Å². The topological polar surface area (TPSA) is 62.4 Å². The van der Waals surface area contributed by atoms with Crippen LogP contribution < -0.4 is 20.7 Å². The summed E-state index contributed by atoms with van der Waals surface area (Å²) < 4.78 is 5.99. The molecule has 0 saturated carbocycles. The SMILES string of the molecule is C=C1NC(=S)N[C@@H](c2cccc(OCc3ccc(Cl)cc3)c2)[C@@H]1C(=O)Nc1ccc(C)cc1C. The summed E-state index contributed by atoms with van der Waals surface area (Å²) in [6.45, 7) is 8.49. The van der Waals surface area contributed by atoms with Crippen molar-refractivity contribution in [3.63, 3.8) is 0 Å². The van der Waals surface area contributed by atoms with Crippen molar-refractivity contribution in [3.05, 3.63) is 106 Å². The van der Waals surface area contributed by atoms with Gasteiger partial charge in [-0.3, -0.25) is 4.79 Å². The number of aryl methyl sites for hydroxylation is 2. The van der Waals surface area contributed by atoms with Crippen LogP contribution in [0.3, 0.4) is 0 Å². The smallest absolute Gasteiger partial charge is 0.235 e. The predicted octanol–water partition coefficient (Wildman–Crippen LogP) is 5.82. The quantitative estimate of drug-likeness (QED) is 0.379. The molecule has 1 aliphatic heterocycles. The molecule has 34 heavy (non-hydrogen) atoms. The van der Waals surface area contributed by atoms with Crippen molar-refractivity contribution in [2.24, 2.45) is 5.92 Å². The highest BCUT2D eigenvalue weighted by atomic mass is 35.5. The van der Waals surface area contributed by atoms with Crippen molar-refractivity contribution in [3.8, 4) is 5.75 Å². The Morgan fingerprint density at radius 1 is 1.12 bits per heavy atom. The summed E-state index contributed by atoms with van der Waals surface area (Å²) >= 11 is 11.3. The summed E-state index contributed by atoms with van der Waals surface area (Å²) in [6, 6.07) is 20.7. The van der Waals surface area contributed by atoms with Crippen LogP contribution in [0, 0.1) is 19.8 Å². The fourth-order valence-electron chi connectivity index (χ4n) is 3.98. The minimum atomic E-state index is -0.584. The highest BCUT2D eigenvalue weighted by Crippen LogP contribution is 2.32. The number of benzene rings is 3. The molecular weight excluding hydrogens is 466 g/mol. The number of carbonyl (C=O) groups is 1. The van der Waals surface area contributed by atoms with Gasteiger partial charge in [0.15, 0.2) is 5.11 Å². The first-order valence-electron chi connectivity index (χ1n) is 10.9. The Bertz CT molecular complexity index is 1240. The fourth-order valence-corrected chi connectivity index (χ4v) is 4.36. The number of hydrogen-bond donors (Lipinski definition) is 3. The Morgan fingerprint density at radius 2 is 1.88 bits per heavy atom. The molecule has 1 heterocycles. The average Bonchev–Trinajstić information content (AvgIpc) is 2.80. The van der Waals surface area contributed by atoms with Crippen molar-refractivity contribution in [2.45, 2.75) is 26.5 Å². The third-order valence-electron chi connectivity index (χ3n) is 5.73. The summed E-state index contributed by atoms with van der Waals surface area (Å²) in [6.07, 6.45) is 0. The molecular formula is C27H26ClN3O2S. The molecule has 0 spiro atoms. The van der Waals surface area contributed by atoms with Crippen LogP contribution in [0.4, 0.5) is 5.69 Å². The van der Waals surface area contributed by atoms with E-state index in [4.69, 9.17) is 28.6 Å². The lowest BCUT2D eigenvalue weighted by atomic mass is 9.88. The Labute approximate surface area is 210 Å². The van der Waals surface area contributed by atoms with Gasteiger partial charge in [-0.25, -0.2) is 0 Å². The van der Waals surface area contributed by atoms with Gasteiger partial charge in [-0.1, -0.05) is 60.1 Å². The highest BCUT2D eigenvalue weighted by Gasteiger charge is 2.37. The molecule has 7 heteroatoms. The number of ether oxygens (including phenoxy) is 1. The van der Waals surface area contributed by atoms with E-state index in [2.05, 4.69) is 22.5 Å². The normalized spacial score (nSPS) is 17.5. The number of carbonyl (C=O) groups excluding carboxylic acids is 1. The molecule has 1 aliphatic rings. The Hall–Kier alpha value is -3.35. The zero-order chi connectivity index (χ0) is 24.2. The molecule has 3 aromatic carbocycles. The molecule has 5 nitrogen and oxygen atoms in total. The summed E-state index contributed by atoms with van der Waals surface area (Å²) in [5.74, 6) is -0.0614. The van der Waals surface area contributed by atoms with E-state index in [-0.39, 0.29) is 5.91 Å². The maximum absolute atomic E-state index is 13.4. The van der Waals surface area contributed by atoms with Gasteiger partial charge in [0.1, 0.15) is 18.3 Å². The number of rotatable bonds is 6. The molecule has 0 aliphatic carbocycles. The van der Waals surface area contributed by atoms with Crippen LogP contribution in [0.5, 0.6) is 5.75 Å². The minimum Gasteiger partial charge on any atom is -0.489 e. The minimum absolute atomic E-state index is 0.170. The van der Waals surface area contributed by atoms with Crippen LogP contribution in [0.25, 0.3) is 0 Å². The third kappa shape index (κ3) is 5.58. The molecule has 0 radical (unpaired) electrons. The molecule has 1 amide bonds. The molecule has 4 rings (SSSR count). The van der Waals surface area contributed by atoms with Crippen LogP contribution in [-0.2, 0) is 11.4 Å². The zero-order valence-electron chi connectivity index (χ0n) is 19.0. The summed E-state index contributed by atoms with van der Waals surface area (Å²) in [4.78, 5) is 13.4. The molecule has 2 atom stereocenters. The van der Waals surface area contributed by atoms with E-state index in [1.165, 1.54) is 0 Å². The molecule has 1 saturated heterocycles. The number of anilines is 1. The first-order valence-corrected chi connectivity index (χ1v) is 11.7. The van der Waals surface area contributed by atoms with Crippen molar-refractivity contribution >= 4 is 40.5 Å². The van der Waals surface area contributed by atoms with Gasteiger partial charge in [0, 0.05) is 16.4 Å². The lowest BCUT2D eigenvalue weighted by molar-refractivity contribution is -0.119. The van der Waals surface area contributed by atoms with E-state index in [0.717, 1.165) is 27.9 Å². The van der Waals surface area contributed by atoms with Crippen molar-refractivity contribution < 1.29 is 9.53 Å². The van der Waals surface area contributed by atoms with Crippen LogP contribution in [0.1, 0.15) is 28.3 Å². The largest absolute Gasteiger partial charge is 0.489 e. The van der Waals surface area contributed by atoms with E-state index in [1.807, 2.05) is 80.6 Å². The van der Waals surface area contributed by atoms with E-state index < -0.39 is 12.0 Å². The summed E-state index contributed by atoms with van der Waals surface area (Å²) in [7, 11) is 0. The van der Waals surface area contributed by atoms with Crippen molar-refractivity contribution in [1.29, 1.82) is 0 Å². The number of nitrogens with one attached hydrogen (secondary N) is 3. The van der Waals surface area contributed by atoms with Crippen molar-refractivity contribution in [1.82, 2.24) is 10.6 Å². The second-order valence-corrected chi connectivity index (χ2v) is 9.22. The third-order valence-corrected chi connectivity index (χ3v) is 6.20. The summed E-state index contributed by atoms with van der Waals surface area (Å²) in [5, 5.41) is 10.4. The molecule has 3 N–H and O–H groups in total. The number of hydrogen-bond acceptors (Lipinski definition) is 3. The van der Waals surface area contributed by atoms with Gasteiger partial charge < -0.3 is 20.7 Å². The van der Waals surface area contributed by atoms with Crippen molar-refractivity contribution in [2.75, 3.05) is 5.32 Å². The monoisotopic (exact) mass is 491 g/mol. The Morgan fingerprint density at radius 3 is 2.62 bits per heavy atom. The predicted molar refractivity (Wildman–Crippen MR) is 141 cm³/mol. The van der Waals surface area contributed by atoms with Gasteiger partial charge >= 0.3 is 0 Å². The lowest BCUT2D eigenvalue weighted by Gasteiger charge is -2.35. The van der Waals surface area contributed by atoms with Gasteiger partial charge in [0.05, 0.1) is 6.04 Å². The Kier molecular flexibility index (Phi) is 7.20. The van der Waals surface area contributed by atoms with E-state index in [1.54, 1.807) is 0 Å². The molecule has 1 fully saturated rings. The van der Waals surface area contributed by atoms with Gasteiger partial charge in [0.25, 0.3) is 0 Å². The highest BCUT2D eigenvalue weighted by molar-refractivity contribution is 7.80. The van der Waals surface area contributed by atoms with Crippen LogP contribution in [0.2, 0.25) is 5.02 Å². The summed E-state index contributed by atoms with van der Waals surface area (Å²) in [5.41, 5.74) is 5.34. The standard InChI is InChI=1S/C27H26ClN3O2S/c1-16-7-12-23(17(2)13-16)30-26(32)24-18(3)29-27(34)31-25(24)20-5-4-6-22(14-20)33-15-19-8-10-21(28)11-9-19/h4-14,24-25H,3,15H2,1-2H3,(H,30,32)(H2,29,31,34)/t24-,25+/m1/s1. The number of thiocarbonyl (C=S) groups is 1. The average molecular weight is 492 g/mol. The second-order valence-electron chi connectivity index (χ2n) is 8.37. The van der Waals surface area contributed by atoms with Gasteiger partial charge in [0.2, 0.25) is 5.91 Å². The van der Waals surface area contributed by atoms with Gasteiger partial charge in [-0.15, -0.1) is 0 Å². The van der Waals surface area contributed by atoms with E-state index in [0.29, 0.717) is 28.2 Å². The Balaban J connectivity index is 1.55. The van der Waals surface area contributed by atoms with Gasteiger partial charge in [-0.2, -0.15) is 0 Å². The van der Waals surface area contributed by atoms with Gasteiger partial charge in [-0.05, 0) is 73.1 Å². The first kappa shape index (κ1) is 23.8.